The minimum atomic E-state index is -0.217. The Balaban J connectivity index is 1.43. The van der Waals surface area contributed by atoms with Crippen molar-refractivity contribution in [3.05, 3.63) is 23.2 Å². The molecular weight excluding hydrogens is 334 g/mol. The van der Waals surface area contributed by atoms with Crippen LogP contribution >= 0.6 is 22.9 Å². The molecule has 5 nitrogen and oxygen atoms in total. The SMILES string of the molecule is O=C(C1CCCO1)N1CCN(c2nc3ccc(Cl)cc3s2)CC1. The summed E-state index contributed by atoms with van der Waals surface area (Å²) in [7, 11) is 0. The van der Waals surface area contributed by atoms with E-state index < -0.39 is 0 Å². The van der Waals surface area contributed by atoms with Crippen molar-refractivity contribution in [1.29, 1.82) is 0 Å². The summed E-state index contributed by atoms with van der Waals surface area (Å²) < 4.78 is 6.61. The van der Waals surface area contributed by atoms with E-state index in [0.717, 1.165) is 59.4 Å². The number of ether oxygens (including phenoxy) is 1. The van der Waals surface area contributed by atoms with E-state index in [2.05, 4.69) is 9.88 Å². The lowest BCUT2D eigenvalue weighted by Gasteiger charge is -2.35. The Bertz CT molecular complexity index is 721. The monoisotopic (exact) mass is 351 g/mol. The van der Waals surface area contributed by atoms with Gasteiger partial charge in [0.05, 0.1) is 10.2 Å². The smallest absolute Gasteiger partial charge is 0.251 e. The van der Waals surface area contributed by atoms with Crippen LogP contribution in [0.1, 0.15) is 12.8 Å². The second-order valence-corrected chi connectivity index (χ2v) is 7.37. The summed E-state index contributed by atoms with van der Waals surface area (Å²) in [5.41, 5.74) is 0.979. The van der Waals surface area contributed by atoms with E-state index in [4.69, 9.17) is 16.3 Å². The number of hydrogen-bond donors (Lipinski definition) is 0. The van der Waals surface area contributed by atoms with Crippen LogP contribution in [-0.2, 0) is 9.53 Å². The molecule has 0 N–H and O–H groups in total. The van der Waals surface area contributed by atoms with Crippen LogP contribution in [0.4, 0.5) is 5.13 Å². The van der Waals surface area contributed by atoms with E-state index in [1.54, 1.807) is 11.3 Å². The number of anilines is 1. The Morgan fingerprint density at radius 1 is 1.30 bits per heavy atom. The summed E-state index contributed by atoms with van der Waals surface area (Å²) in [6.07, 6.45) is 1.63. The molecule has 1 unspecified atom stereocenters. The van der Waals surface area contributed by atoms with Crippen LogP contribution in [0.5, 0.6) is 0 Å². The predicted octanol–water partition coefficient (Wildman–Crippen LogP) is 2.78. The van der Waals surface area contributed by atoms with Gasteiger partial charge in [0.15, 0.2) is 5.13 Å². The number of carbonyl (C=O) groups is 1. The largest absolute Gasteiger partial charge is 0.368 e. The standard InChI is InChI=1S/C16H18ClN3O2S/c17-11-3-4-12-14(10-11)23-16(18-12)20-7-5-19(6-8-20)15(21)13-2-1-9-22-13/h3-4,10,13H,1-2,5-9H2. The molecule has 1 amide bonds. The summed E-state index contributed by atoms with van der Waals surface area (Å²) >= 11 is 7.69. The molecule has 0 saturated carbocycles. The first kappa shape index (κ1) is 15.2. The Kier molecular flexibility index (Phi) is 4.13. The van der Waals surface area contributed by atoms with Gasteiger partial charge in [0, 0.05) is 37.8 Å². The first-order valence-electron chi connectivity index (χ1n) is 7.92. The first-order valence-corrected chi connectivity index (χ1v) is 9.11. The fourth-order valence-corrected chi connectivity index (χ4v) is 4.41. The van der Waals surface area contributed by atoms with Gasteiger partial charge in [0.1, 0.15) is 6.10 Å². The Hall–Kier alpha value is -1.37. The highest BCUT2D eigenvalue weighted by Gasteiger charge is 2.30. The van der Waals surface area contributed by atoms with Crippen LogP contribution in [0.15, 0.2) is 18.2 Å². The second-order valence-electron chi connectivity index (χ2n) is 5.92. The van der Waals surface area contributed by atoms with Crippen molar-refractivity contribution < 1.29 is 9.53 Å². The molecule has 1 aromatic heterocycles. The number of rotatable bonds is 2. The number of carbonyl (C=O) groups excluding carboxylic acids is 1. The molecule has 1 atom stereocenters. The third-order valence-electron chi connectivity index (χ3n) is 4.41. The number of thiazole rings is 1. The van der Waals surface area contributed by atoms with E-state index in [0.29, 0.717) is 6.61 Å². The quantitative estimate of drug-likeness (QED) is 0.834. The molecule has 122 valence electrons. The zero-order chi connectivity index (χ0) is 15.8. The van der Waals surface area contributed by atoms with E-state index in [1.807, 2.05) is 23.1 Å². The van der Waals surface area contributed by atoms with Crippen LogP contribution in [0.25, 0.3) is 10.2 Å². The van der Waals surface area contributed by atoms with Gasteiger partial charge < -0.3 is 14.5 Å². The summed E-state index contributed by atoms with van der Waals surface area (Å²) in [5, 5.41) is 1.74. The van der Waals surface area contributed by atoms with Gasteiger partial charge in [-0.15, -0.1) is 0 Å². The fraction of sp³-hybridized carbons (Fsp3) is 0.500. The number of halogens is 1. The van der Waals surface area contributed by atoms with Crippen molar-refractivity contribution in [3.8, 4) is 0 Å². The van der Waals surface area contributed by atoms with Crippen molar-refractivity contribution >= 4 is 44.2 Å². The number of amides is 1. The molecule has 0 radical (unpaired) electrons. The molecule has 1 aromatic carbocycles. The maximum Gasteiger partial charge on any atom is 0.251 e. The van der Waals surface area contributed by atoms with Gasteiger partial charge >= 0.3 is 0 Å². The van der Waals surface area contributed by atoms with E-state index in [1.165, 1.54) is 0 Å². The van der Waals surface area contributed by atoms with Gasteiger partial charge in [-0.2, -0.15) is 0 Å². The molecule has 3 heterocycles. The fourth-order valence-electron chi connectivity index (χ4n) is 3.12. The van der Waals surface area contributed by atoms with Gasteiger partial charge in [-0.05, 0) is 31.0 Å². The lowest BCUT2D eigenvalue weighted by atomic mass is 10.2. The van der Waals surface area contributed by atoms with Crippen molar-refractivity contribution in [3.63, 3.8) is 0 Å². The molecule has 2 aliphatic rings. The van der Waals surface area contributed by atoms with E-state index >= 15 is 0 Å². The molecule has 4 rings (SSSR count). The maximum atomic E-state index is 12.4. The molecule has 7 heteroatoms. The number of nitrogens with zero attached hydrogens (tertiary/aromatic N) is 3. The third kappa shape index (κ3) is 3.03. The van der Waals surface area contributed by atoms with Crippen molar-refractivity contribution in [2.75, 3.05) is 37.7 Å². The van der Waals surface area contributed by atoms with Crippen molar-refractivity contribution in [1.82, 2.24) is 9.88 Å². The van der Waals surface area contributed by atoms with Crippen molar-refractivity contribution in [2.45, 2.75) is 18.9 Å². The van der Waals surface area contributed by atoms with Crippen LogP contribution in [0, 0.1) is 0 Å². The van der Waals surface area contributed by atoms with Gasteiger partial charge in [-0.25, -0.2) is 4.98 Å². The van der Waals surface area contributed by atoms with Crippen LogP contribution in [0.2, 0.25) is 5.02 Å². The van der Waals surface area contributed by atoms with Gasteiger partial charge in [0.2, 0.25) is 0 Å². The molecule has 2 fully saturated rings. The summed E-state index contributed by atoms with van der Waals surface area (Å²) in [5.74, 6) is 0.151. The number of fused-ring (bicyclic) bond motifs is 1. The third-order valence-corrected chi connectivity index (χ3v) is 5.72. The second kappa shape index (κ2) is 6.26. The topological polar surface area (TPSA) is 45.7 Å². The molecule has 0 spiro atoms. The number of hydrogen-bond acceptors (Lipinski definition) is 5. The molecule has 2 aliphatic heterocycles. The molecule has 2 saturated heterocycles. The number of piperazine rings is 1. The van der Waals surface area contributed by atoms with Crippen LogP contribution in [-0.4, -0.2) is 54.7 Å². The number of aromatic nitrogens is 1. The highest BCUT2D eigenvalue weighted by molar-refractivity contribution is 7.22. The summed E-state index contributed by atoms with van der Waals surface area (Å²) in [6, 6.07) is 5.77. The van der Waals surface area contributed by atoms with Gasteiger partial charge in [0.25, 0.3) is 5.91 Å². The molecular formula is C16H18ClN3O2S. The maximum absolute atomic E-state index is 12.4. The summed E-state index contributed by atoms with van der Waals surface area (Å²) in [4.78, 5) is 21.2. The lowest BCUT2D eigenvalue weighted by molar-refractivity contribution is -0.141. The minimum absolute atomic E-state index is 0.151. The summed E-state index contributed by atoms with van der Waals surface area (Å²) in [6.45, 7) is 3.80. The lowest BCUT2D eigenvalue weighted by Crippen LogP contribution is -2.51. The molecule has 2 aromatic rings. The average molecular weight is 352 g/mol. The minimum Gasteiger partial charge on any atom is -0.368 e. The average Bonchev–Trinajstić information content (AvgIpc) is 3.23. The van der Waals surface area contributed by atoms with Gasteiger partial charge in [-0.1, -0.05) is 22.9 Å². The highest BCUT2D eigenvalue weighted by Crippen LogP contribution is 2.31. The zero-order valence-corrected chi connectivity index (χ0v) is 14.3. The van der Waals surface area contributed by atoms with E-state index in [9.17, 15) is 4.79 Å². The first-order chi connectivity index (χ1) is 11.2. The predicted molar refractivity (Wildman–Crippen MR) is 92.4 cm³/mol. The zero-order valence-electron chi connectivity index (χ0n) is 12.7. The number of benzene rings is 1. The van der Waals surface area contributed by atoms with Crippen molar-refractivity contribution in [2.24, 2.45) is 0 Å². The molecule has 0 aliphatic carbocycles. The Morgan fingerprint density at radius 3 is 2.87 bits per heavy atom. The normalized spacial score (nSPS) is 22.0. The molecule has 0 bridgehead atoms. The van der Waals surface area contributed by atoms with E-state index in [-0.39, 0.29) is 12.0 Å². The van der Waals surface area contributed by atoms with Crippen LogP contribution < -0.4 is 4.90 Å². The van der Waals surface area contributed by atoms with Crippen LogP contribution in [0.3, 0.4) is 0 Å². The highest BCUT2D eigenvalue weighted by atomic mass is 35.5. The Morgan fingerprint density at radius 2 is 2.13 bits per heavy atom. The Labute approximate surface area is 143 Å². The van der Waals surface area contributed by atoms with Gasteiger partial charge in [-0.3, -0.25) is 4.79 Å². The molecule has 23 heavy (non-hydrogen) atoms.